The Bertz CT molecular complexity index is 894. The maximum Gasteiger partial charge on any atom is 0.225 e. The summed E-state index contributed by atoms with van der Waals surface area (Å²) in [5.74, 6) is -2.18. The summed E-state index contributed by atoms with van der Waals surface area (Å²) in [6, 6.07) is 18.3. The van der Waals surface area contributed by atoms with Gasteiger partial charge < -0.3 is 0 Å². The fourth-order valence-corrected chi connectivity index (χ4v) is 2.99. The van der Waals surface area contributed by atoms with Crippen LogP contribution in [-0.4, -0.2) is 10.8 Å². The average Bonchev–Trinajstić information content (AvgIpc) is 2.70. The Morgan fingerprint density at radius 1 is 1.00 bits per heavy atom. The van der Waals surface area contributed by atoms with E-state index in [9.17, 15) is 9.18 Å². The zero-order chi connectivity index (χ0) is 18.6. The normalized spacial score (nSPS) is 14.2. The number of pyridine rings is 1. The molecule has 0 bridgehead atoms. The Hall–Kier alpha value is -3.14. The van der Waals surface area contributed by atoms with Crippen molar-refractivity contribution >= 4 is 5.78 Å². The van der Waals surface area contributed by atoms with Gasteiger partial charge in [-0.2, -0.15) is 0 Å². The number of aromatic nitrogens is 1. The highest BCUT2D eigenvalue weighted by Crippen LogP contribution is 2.43. The van der Waals surface area contributed by atoms with E-state index in [1.165, 1.54) is 42.6 Å². The largest absolute Gasteiger partial charge is 0.290 e. The smallest absolute Gasteiger partial charge is 0.225 e. The third-order valence-corrected chi connectivity index (χ3v) is 4.30. The van der Waals surface area contributed by atoms with Crippen molar-refractivity contribution in [2.45, 2.75) is 11.6 Å². The van der Waals surface area contributed by atoms with Gasteiger partial charge in [0.15, 0.2) is 0 Å². The number of alkyl halides is 1. The summed E-state index contributed by atoms with van der Waals surface area (Å²) in [7, 11) is 0. The van der Waals surface area contributed by atoms with Crippen LogP contribution >= 0.6 is 0 Å². The first-order valence-corrected chi connectivity index (χ1v) is 8.15. The van der Waals surface area contributed by atoms with Gasteiger partial charge in [0, 0.05) is 17.7 Å². The summed E-state index contributed by atoms with van der Waals surface area (Å²) >= 11 is 0. The second kappa shape index (κ2) is 7.40. The number of hydrogen-bond acceptors (Lipinski definition) is 2. The van der Waals surface area contributed by atoms with Crippen LogP contribution in [-0.2, 0) is 5.67 Å². The van der Waals surface area contributed by atoms with E-state index in [1.54, 1.807) is 42.5 Å². The number of rotatable bonds is 6. The Balaban J connectivity index is 2.18. The molecule has 0 spiro atoms. The first-order valence-electron chi connectivity index (χ1n) is 8.15. The lowest BCUT2D eigenvalue weighted by Crippen LogP contribution is -2.38. The molecule has 0 unspecified atom stereocenters. The standard InChI is InChI=1S/C22H17F2NO/c1-2-19(16-11-13-18(23)14-12-16)22(24,20-10-6-7-15-25-20)21(26)17-8-4-3-5-9-17/h2-15,19H,1H2/t19-,22+/m0/s1. The van der Waals surface area contributed by atoms with Crippen molar-refractivity contribution in [1.29, 1.82) is 0 Å². The molecule has 0 amide bonds. The van der Waals surface area contributed by atoms with Crippen LogP contribution in [0.2, 0.25) is 0 Å². The first kappa shape index (κ1) is 17.7. The molecule has 3 rings (SSSR count). The zero-order valence-corrected chi connectivity index (χ0v) is 14.0. The number of Topliss-reactive ketones (excluding diaryl/α,β-unsaturated/α-hetero) is 1. The van der Waals surface area contributed by atoms with Crippen LogP contribution < -0.4 is 0 Å². The molecule has 4 heteroatoms. The maximum absolute atomic E-state index is 16.5. The van der Waals surface area contributed by atoms with Crippen molar-refractivity contribution in [1.82, 2.24) is 4.98 Å². The molecular weight excluding hydrogens is 332 g/mol. The lowest BCUT2D eigenvalue weighted by Gasteiger charge is -2.30. The first-order chi connectivity index (χ1) is 12.6. The molecule has 0 aliphatic heterocycles. The number of nitrogens with zero attached hydrogens (tertiary/aromatic N) is 1. The van der Waals surface area contributed by atoms with Crippen LogP contribution in [0.5, 0.6) is 0 Å². The molecule has 130 valence electrons. The number of carbonyl (C=O) groups excluding carboxylic acids is 1. The SMILES string of the molecule is C=C[C@@H](c1ccc(F)cc1)[C@](F)(C(=O)c1ccccc1)c1ccccn1. The van der Waals surface area contributed by atoms with E-state index in [4.69, 9.17) is 0 Å². The van der Waals surface area contributed by atoms with E-state index in [1.807, 2.05) is 0 Å². The molecular formula is C22H17F2NO. The summed E-state index contributed by atoms with van der Waals surface area (Å²) in [4.78, 5) is 17.3. The number of allylic oxidation sites excluding steroid dienone is 1. The van der Waals surface area contributed by atoms with Gasteiger partial charge in [-0.1, -0.05) is 54.6 Å². The van der Waals surface area contributed by atoms with Crippen LogP contribution in [0.3, 0.4) is 0 Å². The molecule has 0 fully saturated rings. The van der Waals surface area contributed by atoms with Gasteiger partial charge in [0.25, 0.3) is 0 Å². The minimum Gasteiger partial charge on any atom is -0.290 e. The number of benzene rings is 2. The molecule has 2 atom stereocenters. The van der Waals surface area contributed by atoms with Crippen LogP contribution in [0.25, 0.3) is 0 Å². The topological polar surface area (TPSA) is 30.0 Å². The lowest BCUT2D eigenvalue weighted by molar-refractivity contribution is 0.0625. The third-order valence-electron chi connectivity index (χ3n) is 4.30. The number of ketones is 1. The van der Waals surface area contributed by atoms with E-state index < -0.39 is 23.2 Å². The van der Waals surface area contributed by atoms with Crippen molar-refractivity contribution in [3.05, 3.63) is 114 Å². The van der Waals surface area contributed by atoms with E-state index in [-0.39, 0.29) is 11.3 Å². The van der Waals surface area contributed by atoms with Gasteiger partial charge in [-0.25, -0.2) is 8.78 Å². The molecule has 0 aliphatic carbocycles. The van der Waals surface area contributed by atoms with Gasteiger partial charge in [0.2, 0.25) is 11.5 Å². The van der Waals surface area contributed by atoms with Crippen molar-refractivity contribution in [3.63, 3.8) is 0 Å². The molecule has 0 saturated carbocycles. The minimum atomic E-state index is -2.47. The number of hydrogen-bond donors (Lipinski definition) is 0. The highest BCUT2D eigenvalue weighted by molar-refractivity contribution is 6.03. The highest BCUT2D eigenvalue weighted by atomic mass is 19.1. The predicted molar refractivity (Wildman–Crippen MR) is 97.1 cm³/mol. The van der Waals surface area contributed by atoms with Gasteiger partial charge in [-0.3, -0.25) is 9.78 Å². The fraction of sp³-hybridized carbons (Fsp3) is 0.0909. The molecule has 2 nitrogen and oxygen atoms in total. The van der Waals surface area contributed by atoms with Gasteiger partial charge >= 0.3 is 0 Å². The predicted octanol–water partition coefficient (Wildman–Crippen LogP) is 5.24. The molecule has 26 heavy (non-hydrogen) atoms. The Morgan fingerprint density at radius 2 is 1.65 bits per heavy atom. The van der Waals surface area contributed by atoms with Gasteiger partial charge in [0.1, 0.15) is 5.82 Å². The number of halogens is 2. The van der Waals surface area contributed by atoms with Gasteiger partial charge in [0.05, 0.1) is 5.69 Å². The zero-order valence-electron chi connectivity index (χ0n) is 14.0. The maximum atomic E-state index is 16.5. The molecule has 1 heterocycles. The van der Waals surface area contributed by atoms with E-state index in [0.29, 0.717) is 5.56 Å². The second-order valence-electron chi connectivity index (χ2n) is 5.89. The fourth-order valence-electron chi connectivity index (χ4n) is 2.99. The van der Waals surface area contributed by atoms with Crippen molar-refractivity contribution in [2.75, 3.05) is 0 Å². The van der Waals surface area contributed by atoms with E-state index in [2.05, 4.69) is 11.6 Å². The second-order valence-corrected chi connectivity index (χ2v) is 5.89. The van der Waals surface area contributed by atoms with Crippen molar-refractivity contribution in [3.8, 4) is 0 Å². The quantitative estimate of drug-likeness (QED) is 0.450. The van der Waals surface area contributed by atoms with Crippen molar-refractivity contribution in [2.24, 2.45) is 0 Å². The molecule has 0 saturated heterocycles. The molecule has 0 N–H and O–H groups in total. The summed E-state index contributed by atoms with van der Waals surface area (Å²) in [6.45, 7) is 3.71. The minimum absolute atomic E-state index is 0.0110. The Labute approximate surface area is 150 Å². The van der Waals surface area contributed by atoms with Crippen LogP contribution in [0.4, 0.5) is 8.78 Å². The summed E-state index contributed by atoms with van der Waals surface area (Å²) in [5.41, 5.74) is -1.81. The van der Waals surface area contributed by atoms with Crippen LogP contribution in [0, 0.1) is 5.82 Å². The lowest BCUT2D eigenvalue weighted by atomic mass is 9.76. The Kier molecular flexibility index (Phi) is 5.03. The van der Waals surface area contributed by atoms with Crippen LogP contribution in [0.15, 0.2) is 91.6 Å². The van der Waals surface area contributed by atoms with Crippen LogP contribution in [0.1, 0.15) is 27.5 Å². The highest BCUT2D eigenvalue weighted by Gasteiger charge is 2.48. The molecule has 1 aromatic heterocycles. The molecule has 3 aromatic rings. The Morgan fingerprint density at radius 3 is 2.23 bits per heavy atom. The third kappa shape index (κ3) is 3.18. The number of carbonyl (C=O) groups is 1. The summed E-state index contributed by atoms with van der Waals surface area (Å²) in [6.07, 6.45) is 2.80. The van der Waals surface area contributed by atoms with E-state index in [0.717, 1.165) is 0 Å². The van der Waals surface area contributed by atoms with Gasteiger partial charge in [-0.15, -0.1) is 6.58 Å². The molecule has 2 aromatic carbocycles. The molecule has 0 radical (unpaired) electrons. The van der Waals surface area contributed by atoms with Crippen molar-refractivity contribution < 1.29 is 13.6 Å². The molecule has 0 aliphatic rings. The van der Waals surface area contributed by atoms with E-state index >= 15 is 4.39 Å². The average molecular weight is 349 g/mol. The summed E-state index contributed by atoms with van der Waals surface area (Å²) < 4.78 is 29.8. The summed E-state index contributed by atoms with van der Waals surface area (Å²) in [5, 5.41) is 0. The van der Waals surface area contributed by atoms with Gasteiger partial charge in [-0.05, 0) is 29.8 Å². The monoisotopic (exact) mass is 349 g/mol.